The normalized spacial score (nSPS) is 10.7. The second-order valence-electron chi connectivity index (χ2n) is 3.85. The van der Waals surface area contributed by atoms with Gasteiger partial charge in [-0.2, -0.15) is 10.1 Å². The number of hydrogen-bond acceptors (Lipinski definition) is 5. The first kappa shape index (κ1) is 13.0. The van der Waals surface area contributed by atoms with Crippen LogP contribution in [0, 0.1) is 13.8 Å². The molecule has 0 unspecified atom stereocenters. The van der Waals surface area contributed by atoms with Crippen LogP contribution < -0.4 is 5.32 Å². The first-order chi connectivity index (χ1) is 8.49. The minimum atomic E-state index is 0.0570. The van der Waals surface area contributed by atoms with Gasteiger partial charge in [-0.25, -0.2) is 0 Å². The third kappa shape index (κ3) is 2.54. The molecule has 2 aromatic rings. The number of hydrogen-bond donors (Lipinski definition) is 1. The van der Waals surface area contributed by atoms with Gasteiger partial charge in [-0.1, -0.05) is 11.6 Å². The molecule has 1 N–H and O–H groups in total. The van der Waals surface area contributed by atoms with Crippen LogP contribution >= 0.6 is 23.2 Å². The lowest BCUT2D eigenvalue weighted by atomic mass is 10.2. The SMILES string of the molecule is Cc1nn(C)c(C)c1CNc1nc(Cl)nnc1Cl. The maximum Gasteiger partial charge on any atom is 0.245 e. The Balaban J connectivity index is 2.19. The van der Waals surface area contributed by atoms with E-state index in [1.165, 1.54) is 0 Å². The molecule has 0 saturated heterocycles. The smallest absolute Gasteiger partial charge is 0.245 e. The largest absolute Gasteiger partial charge is 0.363 e. The lowest BCUT2D eigenvalue weighted by Gasteiger charge is -2.06. The summed E-state index contributed by atoms with van der Waals surface area (Å²) in [7, 11) is 1.90. The van der Waals surface area contributed by atoms with Crippen LogP contribution in [0.1, 0.15) is 17.0 Å². The van der Waals surface area contributed by atoms with Crippen molar-refractivity contribution in [1.82, 2.24) is 25.0 Å². The van der Waals surface area contributed by atoms with E-state index in [2.05, 4.69) is 25.6 Å². The Morgan fingerprint density at radius 3 is 2.56 bits per heavy atom. The Bertz CT molecular complexity index is 580. The highest BCUT2D eigenvalue weighted by Gasteiger charge is 2.11. The van der Waals surface area contributed by atoms with Crippen LogP contribution in [0.4, 0.5) is 5.82 Å². The third-order valence-electron chi connectivity index (χ3n) is 2.71. The number of halogens is 2. The van der Waals surface area contributed by atoms with Crippen LogP contribution in [0.3, 0.4) is 0 Å². The monoisotopic (exact) mass is 286 g/mol. The number of nitrogens with zero attached hydrogens (tertiary/aromatic N) is 5. The molecule has 0 fully saturated rings. The highest BCUT2D eigenvalue weighted by Crippen LogP contribution is 2.19. The molecule has 0 radical (unpaired) electrons. The summed E-state index contributed by atoms with van der Waals surface area (Å²) in [5, 5.41) is 14.9. The Hall–Kier alpha value is -1.40. The van der Waals surface area contributed by atoms with Crippen molar-refractivity contribution in [3.05, 3.63) is 27.4 Å². The summed E-state index contributed by atoms with van der Waals surface area (Å²) in [4.78, 5) is 3.98. The molecule has 2 rings (SSSR count). The van der Waals surface area contributed by atoms with Gasteiger partial charge in [0.25, 0.3) is 0 Å². The standard InChI is InChI=1S/C10H12Cl2N6/c1-5-7(6(2)18(3)17-5)4-13-9-8(11)15-16-10(12)14-9/h4H2,1-3H3,(H,13,14,16). The Kier molecular flexibility index (Phi) is 3.68. The number of aryl methyl sites for hydroxylation is 2. The molecule has 8 heteroatoms. The van der Waals surface area contributed by atoms with E-state index < -0.39 is 0 Å². The van der Waals surface area contributed by atoms with Gasteiger partial charge < -0.3 is 5.32 Å². The van der Waals surface area contributed by atoms with Crippen molar-refractivity contribution in [1.29, 1.82) is 0 Å². The fourth-order valence-electron chi connectivity index (χ4n) is 1.65. The van der Waals surface area contributed by atoms with Gasteiger partial charge in [-0.15, -0.1) is 10.2 Å². The summed E-state index contributed by atoms with van der Waals surface area (Å²) in [6.07, 6.45) is 0. The number of aromatic nitrogens is 5. The zero-order valence-corrected chi connectivity index (χ0v) is 11.7. The fraction of sp³-hybridized carbons (Fsp3) is 0.400. The number of anilines is 1. The summed E-state index contributed by atoms with van der Waals surface area (Å²) in [6.45, 7) is 4.51. The number of nitrogens with one attached hydrogen (secondary N) is 1. The quantitative estimate of drug-likeness (QED) is 0.936. The molecule has 6 nitrogen and oxygen atoms in total. The summed E-state index contributed by atoms with van der Waals surface area (Å²) in [5.74, 6) is 0.416. The molecule has 18 heavy (non-hydrogen) atoms. The molecule has 2 heterocycles. The van der Waals surface area contributed by atoms with Crippen LogP contribution in [0.2, 0.25) is 10.4 Å². The Labute approximate surface area is 114 Å². The molecule has 0 bridgehead atoms. The van der Waals surface area contributed by atoms with Gasteiger partial charge in [-0.3, -0.25) is 4.68 Å². The average molecular weight is 287 g/mol. The van der Waals surface area contributed by atoms with Gasteiger partial charge in [0.1, 0.15) is 0 Å². The predicted molar refractivity (Wildman–Crippen MR) is 69.9 cm³/mol. The van der Waals surface area contributed by atoms with Gasteiger partial charge in [0.2, 0.25) is 5.28 Å². The molecule has 2 aromatic heterocycles. The summed E-state index contributed by atoms with van der Waals surface area (Å²) in [6, 6.07) is 0. The van der Waals surface area contributed by atoms with Crippen molar-refractivity contribution in [2.24, 2.45) is 7.05 Å². The maximum absolute atomic E-state index is 5.87. The minimum absolute atomic E-state index is 0.0570. The fourth-order valence-corrected chi connectivity index (χ4v) is 1.92. The Morgan fingerprint density at radius 1 is 1.22 bits per heavy atom. The van der Waals surface area contributed by atoms with E-state index >= 15 is 0 Å². The van der Waals surface area contributed by atoms with Crippen molar-refractivity contribution in [3.8, 4) is 0 Å². The van der Waals surface area contributed by atoms with Gasteiger partial charge in [-0.05, 0) is 25.4 Å². The van der Waals surface area contributed by atoms with Crippen LogP contribution in [0.25, 0.3) is 0 Å². The van der Waals surface area contributed by atoms with Crippen LogP contribution in [0.5, 0.6) is 0 Å². The van der Waals surface area contributed by atoms with E-state index in [1.54, 1.807) is 0 Å². The summed E-state index contributed by atoms with van der Waals surface area (Å²) < 4.78 is 1.83. The zero-order chi connectivity index (χ0) is 13.3. The molecule has 0 aliphatic carbocycles. The molecule has 0 aliphatic heterocycles. The first-order valence-electron chi connectivity index (χ1n) is 5.27. The molecule has 96 valence electrons. The summed E-state index contributed by atoms with van der Waals surface area (Å²) in [5.41, 5.74) is 3.15. The lowest BCUT2D eigenvalue weighted by Crippen LogP contribution is -2.06. The van der Waals surface area contributed by atoms with Crippen molar-refractivity contribution < 1.29 is 0 Å². The van der Waals surface area contributed by atoms with Crippen LogP contribution in [-0.2, 0) is 13.6 Å². The zero-order valence-electron chi connectivity index (χ0n) is 10.2. The highest BCUT2D eigenvalue weighted by atomic mass is 35.5. The van der Waals surface area contributed by atoms with E-state index in [0.717, 1.165) is 17.0 Å². The summed E-state index contributed by atoms with van der Waals surface area (Å²) >= 11 is 11.5. The second-order valence-corrected chi connectivity index (χ2v) is 4.54. The maximum atomic E-state index is 5.87. The number of rotatable bonds is 3. The molecular formula is C10H12Cl2N6. The van der Waals surface area contributed by atoms with E-state index in [4.69, 9.17) is 23.2 Å². The van der Waals surface area contributed by atoms with Gasteiger partial charge in [0.05, 0.1) is 5.69 Å². The van der Waals surface area contributed by atoms with Crippen LogP contribution in [0.15, 0.2) is 0 Å². The van der Waals surface area contributed by atoms with E-state index in [9.17, 15) is 0 Å². The minimum Gasteiger partial charge on any atom is -0.363 e. The van der Waals surface area contributed by atoms with E-state index in [1.807, 2.05) is 25.6 Å². The van der Waals surface area contributed by atoms with Crippen molar-refractivity contribution >= 4 is 29.0 Å². The molecule has 0 aromatic carbocycles. The van der Waals surface area contributed by atoms with Crippen molar-refractivity contribution in [3.63, 3.8) is 0 Å². The molecule has 0 spiro atoms. The molecule has 0 atom stereocenters. The van der Waals surface area contributed by atoms with Crippen LogP contribution in [-0.4, -0.2) is 25.0 Å². The van der Waals surface area contributed by atoms with E-state index in [0.29, 0.717) is 12.4 Å². The van der Waals surface area contributed by atoms with Crippen molar-refractivity contribution in [2.75, 3.05) is 5.32 Å². The predicted octanol–water partition coefficient (Wildman–Crippen LogP) is 2.14. The second kappa shape index (κ2) is 5.07. The molecule has 0 amide bonds. The van der Waals surface area contributed by atoms with Gasteiger partial charge in [0, 0.05) is 24.8 Å². The van der Waals surface area contributed by atoms with Crippen molar-refractivity contribution in [2.45, 2.75) is 20.4 Å². The molecule has 0 aliphatic rings. The third-order valence-corrected chi connectivity index (χ3v) is 3.13. The average Bonchev–Trinajstić information content (AvgIpc) is 2.55. The van der Waals surface area contributed by atoms with Gasteiger partial charge >= 0.3 is 0 Å². The topological polar surface area (TPSA) is 68.5 Å². The van der Waals surface area contributed by atoms with Gasteiger partial charge in [0.15, 0.2) is 11.0 Å². The highest BCUT2D eigenvalue weighted by molar-refractivity contribution is 6.32. The Morgan fingerprint density at radius 2 is 1.94 bits per heavy atom. The lowest BCUT2D eigenvalue weighted by molar-refractivity contribution is 0.730. The van der Waals surface area contributed by atoms with E-state index in [-0.39, 0.29) is 10.4 Å². The first-order valence-corrected chi connectivity index (χ1v) is 6.03. The molecule has 0 saturated carbocycles. The molecular weight excluding hydrogens is 275 g/mol.